The normalized spacial score (nSPS) is 24.9. The van der Waals surface area contributed by atoms with E-state index >= 15 is 0 Å². The molecule has 4 heteroatoms. The Labute approximate surface area is 90.2 Å². The third kappa shape index (κ3) is 2.32. The van der Waals surface area contributed by atoms with E-state index in [9.17, 15) is 4.79 Å². The van der Waals surface area contributed by atoms with Crippen LogP contribution in [0.15, 0.2) is 0 Å². The Bertz CT molecular complexity index is 242. The highest BCUT2D eigenvalue weighted by Crippen LogP contribution is 2.53. The lowest BCUT2D eigenvalue weighted by Gasteiger charge is -2.43. The number of carbonyl (C=O) groups is 1. The third-order valence-corrected chi connectivity index (χ3v) is 3.59. The van der Waals surface area contributed by atoms with Gasteiger partial charge in [0.1, 0.15) is 6.04 Å². The number of rotatable bonds is 6. The maximum atomic E-state index is 11.1. The van der Waals surface area contributed by atoms with Crippen LogP contribution < -0.4 is 0 Å². The molecule has 15 heavy (non-hydrogen) atoms. The van der Waals surface area contributed by atoms with Crippen LogP contribution in [0.3, 0.4) is 0 Å². The number of carboxylic acids is 1. The van der Waals surface area contributed by atoms with Gasteiger partial charge in [-0.1, -0.05) is 0 Å². The topological polar surface area (TPSA) is 49.8 Å². The zero-order chi connectivity index (χ0) is 10.9. The van der Waals surface area contributed by atoms with Crippen molar-refractivity contribution in [3.05, 3.63) is 0 Å². The summed E-state index contributed by atoms with van der Waals surface area (Å²) >= 11 is 0. The lowest BCUT2D eigenvalue weighted by molar-refractivity contribution is -0.147. The van der Waals surface area contributed by atoms with E-state index in [-0.39, 0.29) is 6.04 Å². The summed E-state index contributed by atoms with van der Waals surface area (Å²) in [5.74, 6) is -0.679. The van der Waals surface area contributed by atoms with Crippen molar-refractivity contribution in [2.24, 2.45) is 5.41 Å². The molecule has 1 atom stereocenters. The van der Waals surface area contributed by atoms with E-state index in [0.29, 0.717) is 18.4 Å². The van der Waals surface area contributed by atoms with Gasteiger partial charge in [0.15, 0.2) is 0 Å². The summed E-state index contributed by atoms with van der Waals surface area (Å²) in [5, 5.41) is 9.12. The molecule has 86 valence electrons. The number of hydrogen-bond acceptors (Lipinski definition) is 3. The van der Waals surface area contributed by atoms with Gasteiger partial charge in [-0.15, -0.1) is 0 Å². The Hall–Kier alpha value is -0.610. The van der Waals surface area contributed by atoms with Crippen molar-refractivity contribution >= 4 is 5.97 Å². The number of likely N-dealkylation sites (tertiary alicyclic amines) is 1. The highest BCUT2D eigenvalue weighted by atomic mass is 16.5. The molecule has 1 saturated heterocycles. The molecule has 2 fully saturated rings. The highest BCUT2D eigenvalue weighted by molar-refractivity contribution is 5.73. The smallest absolute Gasteiger partial charge is 0.320 e. The minimum atomic E-state index is -0.679. The van der Waals surface area contributed by atoms with Crippen LogP contribution in [0.2, 0.25) is 0 Å². The minimum Gasteiger partial charge on any atom is -0.480 e. The molecule has 0 amide bonds. The molecule has 1 saturated carbocycles. The van der Waals surface area contributed by atoms with E-state index in [2.05, 4.69) is 4.90 Å². The number of nitrogens with zero attached hydrogens (tertiary/aromatic N) is 1. The van der Waals surface area contributed by atoms with Crippen molar-refractivity contribution in [1.29, 1.82) is 0 Å². The first-order valence-corrected chi connectivity index (χ1v) is 5.63. The van der Waals surface area contributed by atoms with Crippen molar-refractivity contribution in [2.45, 2.75) is 31.7 Å². The summed E-state index contributed by atoms with van der Waals surface area (Å²) in [5.41, 5.74) is 0.537. The molecule has 0 radical (unpaired) electrons. The average molecular weight is 213 g/mol. The molecule has 0 aromatic carbocycles. The van der Waals surface area contributed by atoms with E-state index in [1.807, 2.05) is 0 Å². The third-order valence-electron chi connectivity index (χ3n) is 3.59. The molecular formula is C11H19NO3. The standard InChI is InChI=1S/C11H19NO3/c1-15-6-2-3-9(10(13)14)12-7-11(8-12)4-5-11/h9H,2-8H2,1H3,(H,13,14). The molecule has 1 N–H and O–H groups in total. The molecule has 0 aromatic heterocycles. The molecular weight excluding hydrogens is 194 g/mol. The molecule has 1 heterocycles. The van der Waals surface area contributed by atoms with E-state index in [1.54, 1.807) is 7.11 Å². The first-order chi connectivity index (χ1) is 7.17. The fraction of sp³-hybridized carbons (Fsp3) is 0.909. The molecule has 0 bridgehead atoms. The number of hydrogen-bond donors (Lipinski definition) is 1. The molecule has 2 rings (SSSR count). The first-order valence-electron chi connectivity index (χ1n) is 5.63. The van der Waals surface area contributed by atoms with Gasteiger partial charge in [-0.2, -0.15) is 0 Å². The predicted molar refractivity (Wildman–Crippen MR) is 55.8 cm³/mol. The molecule has 2 aliphatic rings. The van der Waals surface area contributed by atoms with Crippen LogP contribution in [0.5, 0.6) is 0 Å². The second-order valence-electron chi connectivity index (χ2n) is 4.89. The lowest BCUT2D eigenvalue weighted by atomic mass is 9.93. The number of ether oxygens (including phenoxy) is 1. The highest BCUT2D eigenvalue weighted by Gasteiger charge is 2.54. The number of carboxylic acid groups (broad SMARTS) is 1. The zero-order valence-electron chi connectivity index (χ0n) is 9.24. The van der Waals surface area contributed by atoms with Crippen molar-refractivity contribution in [1.82, 2.24) is 4.90 Å². The van der Waals surface area contributed by atoms with Crippen molar-refractivity contribution in [3.8, 4) is 0 Å². The van der Waals surface area contributed by atoms with Gasteiger partial charge in [-0.3, -0.25) is 9.69 Å². The molecule has 4 nitrogen and oxygen atoms in total. The van der Waals surface area contributed by atoms with Gasteiger partial charge in [0.05, 0.1) is 0 Å². The SMILES string of the molecule is COCCCC(C(=O)O)N1CC2(CC2)C1. The largest absolute Gasteiger partial charge is 0.480 e. The van der Waals surface area contributed by atoms with Gasteiger partial charge in [0.2, 0.25) is 0 Å². The maximum Gasteiger partial charge on any atom is 0.320 e. The Morgan fingerprint density at radius 2 is 2.20 bits per heavy atom. The summed E-state index contributed by atoms with van der Waals surface area (Å²) in [4.78, 5) is 13.2. The lowest BCUT2D eigenvalue weighted by Crippen LogP contribution is -2.56. The van der Waals surface area contributed by atoms with E-state index < -0.39 is 5.97 Å². The Morgan fingerprint density at radius 3 is 2.67 bits per heavy atom. The molecule has 1 spiro atoms. The molecule has 1 unspecified atom stereocenters. The van der Waals surface area contributed by atoms with Crippen LogP contribution in [-0.4, -0.2) is 48.8 Å². The van der Waals surface area contributed by atoms with E-state index in [1.165, 1.54) is 12.8 Å². The van der Waals surface area contributed by atoms with Crippen LogP contribution in [0.1, 0.15) is 25.7 Å². The average Bonchev–Trinajstić information content (AvgIpc) is 2.89. The predicted octanol–water partition coefficient (Wildman–Crippen LogP) is 0.962. The van der Waals surface area contributed by atoms with Gasteiger partial charge in [0, 0.05) is 26.8 Å². The summed E-state index contributed by atoms with van der Waals surface area (Å²) in [6.07, 6.45) is 4.14. The monoisotopic (exact) mass is 213 g/mol. The van der Waals surface area contributed by atoms with E-state index in [4.69, 9.17) is 9.84 Å². The summed E-state index contributed by atoms with van der Waals surface area (Å²) < 4.78 is 4.95. The zero-order valence-corrected chi connectivity index (χ0v) is 9.24. The van der Waals surface area contributed by atoms with Crippen LogP contribution >= 0.6 is 0 Å². The molecule has 0 aromatic rings. The van der Waals surface area contributed by atoms with Crippen LogP contribution in [0.25, 0.3) is 0 Å². The van der Waals surface area contributed by atoms with Crippen LogP contribution in [-0.2, 0) is 9.53 Å². The molecule has 1 aliphatic carbocycles. The summed E-state index contributed by atoms with van der Waals surface area (Å²) in [7, 11) is 1.65. The van der Waals surface area contributed by atoms with Crippen LogP contribution in [0.4, 0.5) is 0 Å². The Morgan fingerprint density at radius 1 is 1.53 bits per heavy atom. The van der Waals surface area contributed by atoms with Gasteiger partial charge in [-0.25, -0.2) is 0 Å². The van der Waals surface area contributed by atoms with Gasteiger partial charge >= 0.3 is 5.97 Å². The Kier molecular flexibility index (Phi) is 2.98. The quantitative estimate of drug-likeness (QED) is 0.668. The van der Waals surface area contributed by atoms with E-state index in [0.717, 1.165) is 19.5 Å². The summed E-state index contributed by atoms with van der Waals surface area (Å²) in [6.45, 7) is 2.65. The first kappa shape index (κ1) is 10.9. The second kappa shape index (κ2) is 4.10. The Balaban J connectivity index is 1.76. The van der Waals surface area contributed by atoms with Crippen molar-refractivity contribution in [3.63, 3.8) is 0 Å². The minimum absolute atomic E-state index is 0.286. The second-order valence-corrected chi connectivity index (χ2v) is 4.89. The summed E-state index contributed by atoms with van der Waals surface area (Å²) in [6, 6.07) is -0.286. The fourth-order valence-corrected chi connectivity index (χ4v) is 2.41. The van der Waals surface area contributed by atoms with Gasteiger partial charge in [-0.05, 0) is 31.1 Å². The van der Waals surface area contributed by atoms with Crippen LogP contribution in [0, 0.1) is 5.41 Å². The fourth-order valence-electron chi connectivity index (χ4n) is 2.41. The maximum absolute atomic E-state index is 11.1. The number of methoxy groups -OCH3 is 1. The number of aliphatic carboxylic acids is 1. The molecule has 1 aliphatic heterocycles. The van der Waals surface area contributed by atoms with Gasteiger partial charge in [0.25, 0.3) is 0 Å². The van der Waals surface area contributed by atoms with Crippen molar-refractivity contribution < 1.29 is 14.6 Å². The van der Waals surface area contributed by atoms with Gasteiger partial charge < -0.3 is 9.84 Å². The van der Waals surface area contributed by atoms with Crippen molar-refractivity contribution in [2.75, 3.05) is 26.8 Å².